The fourth-order valence-electron chi connectivity index (χ4n) is 1.50. The first-order chi connectivity index (χ1) is 8.65. The highest BCUT2D eigenvalue weighted by atomic mass is 32.2. The van der Waals surface area contributed by atoms with Gasteiger partial charge in [0, 0.05) is 35.9 Å². The van der Waals surface area contributed by atoms with Crippen LogP contribution in [-0.2, 0) is 4.79 Å². The molecule has 1 atom stereocenters. The number of aliphatic hydroxyl groups excluding tert-OH is 1. The van der Waals surface area contributed by atoms with Gasteiger partial charge in [-0.1, -0.05) is 0 Å². The molecule has 0 radical (unpaired) electrons. The van der Waals surface area contributed by atoms with Crippen molar-refractivity contribution in [3.05, 3.63) is 24.3 Å². The summed E-state index contributed by atoms with van der Waals surface area (Å²) in [5, 5.41) is 14.8. The largest absolute Gasteiger partial charge is 0.396 e. The van der Waals surface area contributed by atoms with Crippen LogP contribution >= 0.6 is 11.8 Å². The van der Waals surface area contributed by atoms with E-state index in [1.54, 1.807) is 11.8 Å². The molecular formula is C13H20N2O2S. The van der Waals surface area contributed by atoms with E-state index in [0.29, 0.717) is 6.04 Å². The van der Waals surface area contributed by atoms with Gasteiger partial charge < -0.3 is 15.7 Å². The maximum Gasteiger partial charge on any atom is 0.221 e. The molecule has 0 spiro atoms. The Bertz CT molecular complexity index is 368. The van der Waals surface area contributed by atoms with E-state index in [1.165, 1.54) is 6.92 Å². The first-order valence-corrected chi connectivity index (χ1v) is 6.93. The van der Waals surface area contributed by atoms with E-state index in [0.717, 1.165) is 22.8 Å². The van der Waals surface area contributed by atoms with Crippen LogP contribution in [0.2, 0.25) is 0 Å². The number of nitrogens with one attached hydrogen (secondary N) is 2. The lowest BCUT2D eigenvalue weighted by Crippen LogP contribution is -2.28. The molecule has 100 valence electrons. The maximum absolute atomic E-state index is 10.9. The summed E-state index contributed by atoms with van der Waals surface area (Å²) in [6.45, 7) is 1.70. The van der Waals surface area contributed by atoms with Gasteiger partial charge in [0.1, 0.15) is 0 Å². The third-order valence-corrected chi connectivity index (χ3v) is 3.69. The van der Waals surface area contributed by atoms with Crippen LogP contribution in [0.3, 0.4) is 0 Å². The lowest BCUT2D eigenvalue weighted by atomic mass is 10.2. The number of thioether (sulfide) groups is 1. The lowest BCUT2D eigenvalue weighted by molar-refractivity contribution is -0.114. The number of carbonyl (C=O) groups is 1. The van der Waals surface area contributed by atoms with Crippen molar-refractivity contribution >= 4 is 23.4 Å². The number of hydrogen-bond acceptors (Lipinski definition) is 4. The first-order valence-electron chi connectivity index (χ1n) is 5.94. The van der Waals surface area contributed by atoms with Gasteiger partial charge in [0.05, 0.1) is 0 Å². The minimum atomic E-state index is -0.0615. The Morgan fingerprint density at radius 3 is 2.56 bits per heavy atom. The summed E-state index contributed by atoms with van der Waals surface area (Å²) in [4.78, 5) is 12.0. The molecule has 5 heteroatoms. The van der Waals surface area contributed by atoms with Gasteiger partial charge in [-0.05, 0) is 37.7 Å². The fraction of sp³-hybridized carbons (Fsp3) is 0.462. The predicted octanol–water partition coefficient (Wildman–Crippen LogP) is 1.71. The predicted molar refractivity (Wildman–Crippen MR) is 76.0 cm³/mol. The molecule has 3 N–H and O–H groups in total. The molecule has 1 rings (SSSR count). The number of rotatable bonds is 7. The van der Waals surface area contributed by atoms with Crippen molar-refractivity contribution in [2.75, 3.05) is 24.7 Å². The quantitative estimate of drug-likeness (QED) is 0.659. The average molecular weight is 268 g/mol. The van der Waals surface area contributed by atoms with E-state index in [1.807, 2.05) is 31.3 Å². The van der Waals surface area contributed by atoms with Gasteiger partial charge in [-0.3, -0.25) is 4.79 Å². The van der Waals surface area contributed by atoms with Crippen molar-refractivity contribution in [3.8, 4) is 0 Å². The highest BCUT2D eigenvalue weighted by Crippen LogP contribution is 2.21. The highest BCUT2D eigenvalue weighted by molar-refractivity contribution is 7.99. The molecule has 0 fully saturated rings. The molecule has 1 aromatic carbocycles. The topological polar surface area (TPSA) is 61.4 Å². The van der Waals surface area contributed by atoms with E-state index >= 15 is 0 Å². The van der Waals surface area contributed by atoms with E-state index in [4.69, 9.17) is 5.11 Å². The Morgan fingerprint density at radius 2 is 2.06 bits per heavy atom. The molecule has 4 nitrogen and oxygen atoms in total. The smallest absolute Gasteiger partial charge is 0.221 e. The third kappa shape index (κ3) is 5.53. The minimum absolute atomic E-state index is 0.0615. The number of aliphatic hydroxyl groups is 1. The van der Waals surface area contributed by atoms with Gasteiger partial charge >= 0.3 is 0 Å². The van der Waals surface area contributed by atoms with Crippen LogP contribution in [0.5, 0.6) is 0 Å². The molecule has 0 aliphatic carbocycles. The van der Waals surface area contributed by atoms with Gasteiger partial charge in [0.25, 0.3) is 0 Å². The standard InChI is InChI=1S/C13H20N2O2S/c1-10(17)15-11-3-5-13(6-4-11)18-9-12(14-2)7-8-16/h3-6,12,14,16H,7-9H2,1-2H3,(H,15,17). The molecule has 0 heterocycles. The second-order valence-electron chi connectivity index (χ2n) is 4.01. The van der Waals surface area contributed by atoms with Crippen LogP contribution in [0.4, 0.5) is 5.69 Å². The number of hydrogen-bond donors (Lipinski definition) is 3. The van der Waals surface area contributed by atoms with E-state index in [-0.39, 0.29) is 12.5 Å². The molecule has 0 aromatic heterocycles. The second kappa shape index (κ2) is 8.13. The SMILES string of the molecule is CNC(CCO)CSc1ccc(NC(C)=O)cc1. The lowest BCUT2D eigenvalue weighted by Gasteiger charge is -2.14. The van der Waals surface area contributed by atoms with Gasteiger partial charge in [0.2, 0.25) is 5.91 Å². The van der Waals surface area contributed by atoms with Crippen molar-refractivity contribution < 1.29 is 9.90 Å². The van der Waals surface area contributed by atoms with Gasteiger partial charge in [-0.2, -0.15) is 0 Å². The normalized spacial score (nSPS) is 12.2. The average Bonchev–Trinajstić information content (AvgIpc) is 2.35. The summed E-state index contributed by atoms with van der Waals surface area (Å²) in [7, 11) is 1.90. The molecule has 1 amide bonds. The van der Waals surface area contributed by atoms with Crippen molar-refractivity contribution in [2.45, 2.75) is 24.3 Å². The van der Waals surface area contributed by atoms with Gasteiger partial charge in [0.15, 0.2) is 0 Å². The zero-order valence-corrected chi connectivity index (χ0v) is 11.6. The van der Waals surface area contributed by atoms with Crippen LogP contribution < -0.4 is 10.6 Å². The minimum Gasteiger partial charge on any atom is -0.396 e. The maximum atomic E-state index is 10.9. The Balaban J connectivity index is 2.45. The summed E-state index contributed by atoms with van der Waals surface area (Å²) in [6, 6.07) is 8.08. The van der Waals surface area contributed by atoms with Crippen molar-refractivity contribution in [2.24, 2.45) is 0 Å². The van der Waals surface area contributed by atoms with Crippen LogP contribution in [0.1, 0.15) is 13.3 Å². The molecule has 0 aliphatic heterocycles. The summed E-state index contributed by atoms with van der Waals surface area (Å²) in [5.41, 5.74) is 0.812. The molecule has 0 aliphatic rings. The number of benzene rings is 1. The third-order valence-electron chi connectivity index (χ3n) is 2.51. The number of anilines is 1. The van der Waals surface area contributed by atoms with E-state index in [9.17, 15) is 4.79 Å². The molecule has 0 saturated heterocycles. The number of amides is 1. The zero-order valence-electron chi connectivity index (χ0n) is 10.8. The Morgan fingerprint density at radius 1 is 1.39 bits per heavy atom. The van der Waals surface area contributed by atoms with Crippen LogP contribution in [0.25, 0.3) is 0 Å². The Labute approximate surface area is 112 Å². The molecule has 1 unspecified atom stereocenters. The van der Waals surface area contributed by atoms with E-state index in [2.05, 4.69) is 10.6 Å². The first kappa shape index (κ1) is 15.0. The Hall–Kier alpha value is -1.04. The van der Waals surface area contributed by atoms with Crippen molar-refractivity contribution in [1.82, 2.24) is 5.32 Å². The van der Waals surface area contributed by atoms with Gasteiger partial charge in [-0.15, -0.1) is 11.8 Å². The molecule has 0 bridgehead atoms. The second-order valence-corrected chi connectivity index (χ2v) is 5.11. The van der Waals surface area contributed by atoms with E-state index < -0.39 is 0 Å². The van der Waals surface area contributed by atoms with Crippen LogP contribution in [0.15, 0.2) is 29.2 Å². The molecule has 1 aromatic rings. The van der Waals surface area contributed by atoms with Crippen molar-refractivity contribution in [1.29, 1.82) is 0 Å². The Kier molecular flexibility index (Phi) is 6.78. The molecule has 0 saturated carbocycles. The molecule has 18 heavy (non-hydrogen) atoms. The fourth-order valence-corrected chi connectivity index (χ4v) is 2.56. The molecular weight excluding hydrogens is 248 g/mol. The summed E-state index contributed by atoms with van der Waals surface area (Å²) in [6.07, 6.45) is 0.757. The zero-order chi connectivity index (χ0) is 13.4. The summed E-state index contributed by atoms with van der Waals surface area (Å²) in [5.74, 6) is 0.852. The highest BCUT2D eigenvalue weighted by Gasteiger charge is 2.06. The van der Waals surface area contributed by atoms with Crippen LogP contribution in [-0.4, -0.2) is 36.5 Å². The summed E-state index contributed by atoms with van der Waals surface area (Å²) >= 11 is 1.73. The summed E-state index contributed by atoms with van der Waals surface area (Å²) < 4.78 is 0. The van der Waals surface area contributed by atoms with Gasteiger partial charge in [-0.25, -0.2) is 0 Å². The van der Waals surface area contributed by atoms with Crippen LogP contribution in [0, 0.1) is 0 Å². The number of carbonyl (C=O) groups excluding carboxylic acids is 1. The monoisotopic (exact) mass is 268 g/mol. The van der Waals surface area contributed by atoms with Crippen molar-refractivity contribution in [3.63, 3.8) is 0 Å².